The molecule has 20 heavy (non-hydrogen) atoms. The molecule has 1 N–H and O–H groups in total. The number of nitrogens with zero attached hydrogens (tertiary/aromatic N) is 2. The Morgan fingerprint density at radius 2 is 2.05 bits per heavy atom. The molecule has 1 fully saturated rings. The molecule has 1 heterocycles. The van der Waals surface area contributed by atoms with E-state index >= 15 is 0 Å². The van der Waals surface area contributed by atoms with Crippen molar-refractivity contribution in [1.29, 1.82) is 0 Å². The fourth-order valence-corrected chi connectivity index (χ4v) is 2.51. The molecule has 1 aromatic carbocycles. The zero-order valence-corrected chi connectivity index (χ0v) is 12.3. The molecule has 0 unspecified atom stereocenters. The van der Waals surface area contributed by atoms with Crippen LogP contribution in [-0.2, 0) is 11.3 Å². The zero-order chi connectivity index (χ0) is 14.2. The van der Waals surface area contributed by atoms with Gasteiger partial charge in [-0.05, 0) is 25.1 Å². The largest absolute Gasteiger partial charge is 0.340 e. The third-order valence-electron chi connectivity index (χ3n) is 3.75. The Balaban J connectivity index is 1.87. The third kappa shape index (κ3) is 4.62. The molecular weight excluding hydrogens is 250 g/mol. The van der Waals surface area contributed by atoms with Crippen LogP contribution in [0.4, 0.5) is 0 Å². The van der Waals surface area contributed by atoms with E-state index in [0.29, 0.717) is 6.54 Å². The van der Waals surface area contributed by atoms with Gasteiger partial charge in [0.05, 0.1) is 6.54 Å². The molecule has 0 saturated carbocycles. The Hall–Kier alpha value is -1.39. The normalized spacial score (nSPS) is 16.2. The van der Waals surface area contributed by atoms with Gasteiger partial charge < -0.3 is 10.2 Å². The molecule has 0 aromatic heterocycles. The number of carbonyl (C=O) groups is 1. The number of benzene rings is 1. The van der Waals surface area contributed by atoms with E-state index in [2.05, 4.69) is 29.3 Å². The summed E-state index contributed by atoms with van der Waals surface area (Å²) in [5.41, 5.74) is 1.26. The molecular formula is C16H25N3O. The van der Waals surface area contributed by atoms with E-state index < -0.39 is 0 Å². The van der Waals surface area contributed by atoms with Crippen LogP contribution in [0.1, 0.15) is 18.9 Å². The number of rotatable bonds is 5. The van der Waals surface area contributed by atoms with Gasteiger partial charge in [-0.1, -0.05) is 37.3 Å². The van der Waals surface area contributed by atoms with Crippen molar-refractivity contribution in [2.45, 2.75) is 19.9 Å². The molecule has 4 heteroatoms. The smallest absolute Gasteiger partial charge is 0.236 e. The minimum absolute atomic E-state index is 0.256. The number of hydrogen-bond acceptors (Lipinski definition) is 3. The molecule has 1 aromatic rings. The summed E-state index contributed by atoms with van der Waals surface area (Å²) >= 11 is 0. The third-order valence-corrected chi connectivity index (χ3v) is 3.75. The highest BCUT2D eigenvalue weighted by Crippen LogP contribution is 2.05. The van der Waals surface area contributed by atoms with Gasteiger partial charge in [-0.25, -0.2) is 0 Å². The molecule has 0 atom stereocenters. The Morgan fingerprint density at radius 1 is 1.25 bits per heavy atom. The molecule has 2 rings (SSSR count). The molecule has 1 amide bonds. The number of nitrogens with one attached hydrogen (secondary N) is 1. The van der Waals surface area contributed by atoms with Crippen molar-refractivity contribution >= 4 is 5.91 Å². The fourth-order valence-electron chi connectivity index (χ4n) is 2.51. The number of hydrogen-bond donors (Lipinski definition) is 1. The van der Waals surface area contributed by atoms with Crippen LogP contribution in [0.25, 0.3) is 0 Å². The number of likely N-dealkylation sites (N-methyl/N-ethyl adjacent to an activating group) is 1. The van der Waals surface area contributed by atoms with Crippen molar-refractivity contribution in [3.05, 3.63) is 35.9 Å². The highest BCUT2D eigenvalue weighted by molar-refractivity contribution is 5.78. The predicted octanol–water partition coefficient (Wildman–Crippen LogP) is 1.33. The van der Waals surface area contributed by atoms with E-state index in [1.54, 1.807) is 0 Å². The summed E-state index contributed by atoms with van der Waals surface area (Å²) < 4.78 is 0. The highest BCUT2D eigenvalue weighted by atomic mass is 16.2. The molecule has 0 bridgehead atoms. The van der Waals surface area contributed by atoms with Gasteiger partial charge in [0.2, 0.25) is 5.91 Å². The van der Waals surface area contributed by atoms with Crippen LogP contribution in [-0.4, -0.2) is 55.0 Å². The molecule has 1 aliphatic heterocycles. The van der Waals surface area contributed by atoms with E-state index in [1.807, 2.05) is 23.1 Å². The molecule has 110 valence electrons. The average molecular weight is 275 g/mol. The second-order valence-electron chi connectivity index (χ2n) is 5.27. The summed E-state index contributed by atoms with van der Waals surface area (Å²) in [6.07, 6.45) is 1.05. The minimum atomic E-state index is 0.256. The highest BCUT2D eigenvalue weighted by Gasteiger charge is 2.17. The molecule has 4 nitrogen and oxygen atoms in total. The molecule has 1 saturated heterocycles. The zero-order valence-electron chi connectivity index (χ0n) is 12.3. The average Bonchev–Trinajstić information content (AvgIpc) is 2.76. The summed E-state index contributed by atoms with van der Waals surface area (Å²) in [7, 11) is 0. The van der Waals surface area contributed by atoms with Crippen LogP contribution in [0.15, 0.2) is 30.3 Å². The van der Waals surface area contributed by atoms with Gasteiger partial charge in [0.1, 0.15) is 0 Å². The Kier molecular flexibility index (Phi) is 6.02. The lowest BCUT2D eigenvalue weighted by Crippen LogP contribution is -2.41. The maximum Gasteiger partial charge on any atom is 0.236 e. The monoisotopic (exact) mass is 275 g/mol. The first kappa shape index (κ1) is 15.0. The van der Waals surface area contributed by atoms with E-state index in [9.17, 15) is 4.79 Å². The molecule has 0 aliphatic carbocycles. The first-order valence-corrected chi connectivity index (χ1v) is 7.54. The molecule has 1 aliphatic rings. The van der Waals surface area contributed by atoms with Crippen LogP contribution >= 0.6 is 0 Å². The quantitative estimate of drug-likeness (QED) is 0.880. The fraction of sp³-hybridized carbons (Fsp3) is 0.562. The predicted molar refractivity (Wildman–Crippen MR) is 81.5 cm³/mol. The topological polar surface area (TPSA) is 35.6 Å². The van der Waals surface area contributed by atoms with Gasteiger partial charge in [0.15, 0.2) is 0 Å². The van der Waals surface area contributed by atoms with Crippen LogP contribution in [0.3, 0.4) is 0 Å². The summed E-state index contributed by atoms with van der Waals surface area (Å²) in [4.78, 5) is 16.6. The van der Waals surface area contributed by atoms with E-state index in [4.69, 9.17) is 0 Å². The van der Waals surface area contributed by atoms with Crippen LogP contribution < -0.4 is 5.32 Å². The summed E-state index contributed by atoms with van der Waals surface area (Å²) in [6, 6.07) is 10.3. The standard InChI is InChI=1S/C16H25N3O/c1-2-18(13-15-7-4-3-5-8-15)14-16(20)19-11-6-9-17-10-12-19/h3-5,7-8,17H,2,6,9-14H2,1H3. The van der Waals surface area contributed by atoms with E-state index in [1.165, 1.54) is 5.56 Å². The van der Waals surface area contributed by atoms with Gasteiger partial charge in [0.25, 0.3) is 0 Å². The van der Waals surface area contributed by atoms with Crippen molar-refractivity contribution in [3.8, 4) is 0 Å². The van der Waals surface area contributed by atoms with E-state index in [0.717, 1.165) is 45.7 Å². The SMILES string of the molecule is CCN(CC(=O)N1CCCNCC1)Cc1ccccc1. The van der Waals surface area contributed by atoms with Crippen LogP contribution in [0.5, 0.6) is 0 Å². The first-order chi connectivity index (χ1) is 9.79. The van der Waals surface area contributed by atoms with Gasteiger partial charge in [-0.3, -0.25) is 9.69 Å². The molecule has 0 radical (unpaired) electrons. The van der Waals surface area contributed by atoms with Crippen LogP contribution in [0.2, 0.25) is 0 Å². The van der Waals surface area contributed by atoms with Crippen molar-refractivity contribution in [2.24, 2.45) is 0 Å². The van der Waals surface area contributed by atoms with Crippen molar-refractivity contribution < 1.29 is 4.79 Å². The number of amides is 1. The summed E-state index contributed by atoms with van der Waals surface area (Å²) in [5, 5.41) is 3.33. The van der Waals surface area contributed by atoms with Crippen molar-refractivity contribution in [2.75, 3.05) is 39.3 Å². The lowest BCUT2D eigenvalue weighted by atomic mass is 10.2. The maximum atomic E-state index is 12.4. The lowest BCUT2D eigenvalue weighted by Gasteiger charge is -2.25. The lowest BCUT2D eigenvalue weighted by molar-refractivity contribution is -0.132. The van der Waals surface area contributed by atoms with Gasteiger partial charge in [0, 0.05) is 26.2 Å². The van der Waals surface area contributed by atoms with Crippen molar-refractivity contribution in [3.63, 3.8) is 0 Å². The van der Waals surface area contributed by atoms with Crippen LogP contribution in [0, 0.1) is 0 Å². The second-order valence-corrected chi connectivity index (χ2v) is 5.27. The maximum absolute atomic E-state index is 12.4. The Morgan fingerprint density at radius 3 is 2.80 bits per heavy atom. The summed E-state index contributed by atoms with van der Waals surface area (Å²) in [6.45, 7) is 8.02. The summed E-state index contributed by atoms with van der Waals surface area (Å²) in [5.74, 6) is 0.256. The Bertz CT molecular complexity index is 399. The van der Waals surface area contributed by atoms with Gasteiger partial charge in [-0.2, -0.15) is 0 Å². The minimum Gasteiger partial charge on any atom is -0.340 e. The van der Waals surface area contributed by atoms with Gasteiger partial charge in [-0.15, -0.1) is 0 Å². The van der Waals surface area contributed by atoms with E-state index in [-0.39, 0.29) is 5.91 Å². The van der Waals surface area contributed by atoms with Gasteiger partial charge >= 0.3 is 0 Å². The second kappa shape index (κ2) is 8.02. The molecule has 0 spiro atoms. The van der Waals surface area contributed by atoms with Crippen molar-refractivity contribution in [1.82, 2.24) is 15.1 Å². The first-order valence-electron chi connectivity index (χ1n) is 7.54. The number of carbonyl (C=O) groups excluding carboxylic acids is 1. The Labute approximate surface area is 121 Å².